The number of nitrogens with zero attached hydrogens (tertiary/aromatic N) is 6. The number of hydrogen-bond donors (Lipinski definition) is 0. The molecule has 4 heterocycles. The van der Waals surface area contributed by atoms with E-state index in [1.54, 1.807) is 9.80 Å². The Morgan fingerprint density at radius 3 is 1.50 bits per heavy atom. The summed E-state index contributed by atoms with van der Waals surface area (Å²) in [4.78, 5) is 37.6. The molecule has 2 fully saturated rings. The first-order valence-electron chi connectivity index (χ1n) is 18.8. The summed E-state index contributed by atoms with van der Waals surface area (Å²) in [5.41, 5.74) is -1.09. The van der Waals surface area contributed by atoms with Crippen molar-refractivity contribution in [2.24, 2.45) is 0 Å². The molecule has 2 aliphatic heterocycles. The lowest BCUT2D eigenvalue weighted by atomic mass is 10.2. The maximum Gasteiger partial charge on any atom is 0.410 e. The van der Waals surface area contributed by atoms with Crippen LogP contribution in [-0.2, 0) is 32.4 Å². The third kappa shape index (κ3) is 14.6. The molecule has 2 aromatic rings. The van der Waals surface area contributed by atoms with Gasteiger partial charge in [0.05, 0.1) is 12.1 Å². The lowest BCUT2D eigenvalue weighted by Crippen LogP contribution is -2.37. The van der Waals surface area contributed by atoms with E-state index < -0.39 is 39.4 Å². The Balaban J connectivity index is 0.000000290. The summed E-state index contributed by atoms with van der Waals surface area (Å²) >= 11 is 10.3. The molecule has 12 nitrogen and oxygen atoms in total. The Morgan fingerprint density at radius 2 is 1.09 bits per heavy atom. The van der Waals surface area contributed by atoms with Gasteiger partial charge < -0.3 is 18.9 Å². The van der Waals surface area contributed by atoms with Gasteiger partial charge in [0.1, 0.15) is 45.5 Å². The average molecular weight is 990 g/mol. The molecule has 2 aliphatic rings. The second-order valence-electron chi connectivity index (χ2n) is 18.3. The molecule has 0 spiro atoms. The van der Waals surface area contributed by atoms with Gasteiger partial charge >= 0.3 is 12.2 Å². The van der Waals surface area contributed by atoms with Gasteiger partial charge in [0.2, 0.25) is 5.95 Å². The predicted molar refractivity (Wildman–Crippen MR) is 226 cm³/mol. The Kier molecular flexibility index (Phi) is 16.9. The van der Waals surface area contributed by atoms with Gasteiger partial charge in [-0.25, -0.2) is 19.6 Å². The van der Waals surface area contributed by atoms with E-state index in [1.807, 2.05) is 46.1 Å². The number of aromatic nitrogens is 4. The molecule has 0 unspecified atom stereocenters. The van der Waals surface area contributed by atoms with E-state index in [0.717, 1.165) is 59.4 Å². The van der Waals surface area contributed by atoms with Crippen molar-refractivity contribution in [3.63, 3.8) is 0 Å². The highest BCUT2D eigenvalue weighted by Gasteiger charge is 2.38. The molecule has 308 valence electrons. The molecule has 0 radical (unpaired) electrons. The largest absolute Gasteiger partial charge is 0.444 e. The maximum atomic E-state index is 14.6. The molecule has 2 atom stereocenters. The van der Waals surface area contributed by atoms with Crippen molar-refractivity contribution in [1.29, 1.82) is 0 Å². The normalized spacial score (nSPS) is 18.2. The highest BCUT2D eigenvalue weighted by Crippen LogP contribution is 2.37. The minimum Gasteiger partial charge on any atom is -0.444 e. The molecule has 18 heteroatoms. The minimum absolute atomic E-state index is 0.0862. The van der Waals surface area contributed by atoms with E-state index in [0.29, 0.717) is 32.3 Å². The SMILES string of the molecule is CC(C)(C)OC(=O)N1CCC[C@H]1c1nc(Br)c(Br)n1COCC[Si](C)(C)C.CC(C)(C)OC(=O)N1CCC[C@H]1c1nc(Br)c(F)n1COCC[Si](C)(C)C. The molecule has 0 saturated carbocycles. The van der Waals surface area contributed by atoms with Crippen LogP contribution in [0.15, 0.2) is 13.8 Å². The van der Waals surface area contributed by atoms with Crippen molar-refractivity contribution < 1.29 is 32.9 Å². The predicted octanol–water partition coefficient (Wildman–Crippen LogP) is 11.0. The zero-order valence-corrected chi connectivity index (χ0v) is 41.0. The zero-order valence-electron chi connectivity index (χ0n) is 34.3. The van der Waals surface area contributed by atoms with Gasteiger partial charge in [-0.2, -0.15) is 4.39 Å². The summed E-state index contributed by atoms with van der Waals surface area (Å²) in [6, 6.07) is 1.69. The standard InChI is InChI=1S/C18H31Br2N3O3Si.C18H31BrFN3O3Si/c2*1-18(2,3)26-17(24)22-9-7-8-13(22)16-21-14(19)15(20)23(16)12-25-10-11-27(4,5)6/h2*13H,7-12H2,1-6H3/t2*13-/m00/s1. The fraction of sp³-hybridized carbons (Fsp3) is 0.778. The summed E-state index contributed by atoms with van der Waals surface area (Å²) in [6.45, 7) is 28.0. The molecule has 0 N–H and O–H groups in total. The fourth-order valence-electron chi connectivity index (χ4n) is 5.81. The molecule has 2 amide bonds. The van der Waals surface area contributed by atoms with Gasteiger partial charge in [0.25, 0.3) is 0 Å². The molecule has 2 saturated heterocycles. The first-order valence-corrected chi connectivity index (χ1v) is 28.5. The first kappa shape index (κ1) is 47.1. The Hall–Kier alpha value is -1.32. The number of hydrogen-bond acceptors (Lipinski definition) is 8. The maximum absolute atomic E-state index is 14.6. The van der Waals surface area contributed by atoms with E-state index in [1.165, 1.54) is 4.57 Å². The van der Waals surface area contributed by atoms with Gasteiger partial charge in [-0.15, -0.1) is 0 Å². The van der Waals surface area contributed by atoms with Crippen LogP contribution in [-0.4, -0.2) is 94.7 Å². The van der Waals surface area contributed by atoms with Gasteiger partial charge in [-0.1, -0.05) is 39.3 Å². The topological polar surface area (TPSA) is 113 Å². The van der Waals surface area contributed by atoms with Crippen LogP contribution in [0, 0.1) is 5.95 Å². The van der Waals surface area contributed by atoms with Crippen molar-refractivity contribution in [2.45, 2.75) is 155 Å². The van der Waals surface area contributed by atoms with Crippen LogP contribution in [0.4, 0.5) is 14.0 Å². The third-order valence-corrected chi connectivity index (χ3v) is 14.4. The monoisotopic (exact) mass is 986 g/mol. The van der Waals surface area contributed by atoms with E-state index >= 15 is 0 Å². The van der Waals surface area contributed by atoms with E-state index in [9.17, 15) is 14.0 Å². The number of halogens is 4. The van der Waals surface area contributed by atoms with Crippen LogP contribution in [0.2, 0.25) is 51.4 Å². The Bertz CT molecular complexity index is 1450. The fourth-order valence-corrected chi connectivity index (χ4v) is 8.49. The number of rotatable bonds is 12. The first-order chi connectivity index (χ1) is 24.8. The number of carbonyl (C=O) groups is 2. The van der Waals surface area contributed by atoms with Crippen molar-refractivity contribution in [2.75, 3.05) is 26.3 Å². The van der Waals surface area contributed by atoms with Crippen LogP contribution in [0.25, 0.3) is 0 Å². The lowest BCUT2D eigenvalue weighted by molar-refractivity contribution is 0.0192. The summed E-state index contributed by atoms with van der Waals surface area (Å²) in [5.74, 6) is 0.842. The lowest BCUT2D eigenvalue weighted by Gasteiger charge is -2.28. The summed E-state index contributed by atoms with van der Waals surface area (Å²) in [5, 5.41) is 0. The number of likely N-dealkylation sites (tertiary alicyclic amines) is 2. The second kappa shape index (κ2) is 19.4. The molecule has 54 heavy (non-hydrogen) atoms. The number of carbonyl (C=O) groups excluding carboxylic acids is 2. The molecule has 0 aromatic carbocycles. The van der Waals surface area contributed by atoms with Crippen LogP contribution >= 0.6 is 47.8 Å². The van der Waals surface area contributed by atoms with E-state index in [4.69, 9.17) is 18.9 Å². The molecule has 0 bridgehead atoms. The number of ether oxygens (including phenoxy) is 4. The van der Waals surface area contributed by atoms with E-state index in [-0.39, 0.29) is 29.5 Å². The smallest absolute Gasteiger partial charge is 0.410 e. The van der Waals surface area contributed by atoms with Gasteiger partial charge in [-0.05, 0) is 127 Å². The molecule has 4 rings (SSSR count). The van der Waals surface area contributed by atoms with Crippen molar-refractivity contribution in [3.05, 3.63) is 31.4 Å². The average Bonchev–Trinajstić information content (AvgIpc) is 3.80. The van der Waals surface area contributed by atoms with Gasteiger partial charge in [0.15, 0.2) is 4.60 Å². The zero-order chi connectivity index (χ0) is 40.8. The van der Waals surface area contributed by atoms with Crippen molar-refractivity contribution >= 4 is 76.1 Å². The van der Waals surface area contributed by atoms with Crippen LogP contribution in [0.5, 0.6) is 0 Å². The highest BCUT2D eigenvalue weighted by atomic mass is 79.9. The molecular formula is C36H62Br3FN6O6Si2. The van der Waals surface area contributed by atoms with Crippen LogP contribution in [0.3, 0.4) is 0 Å². The number of imidazole rings is 2. The van der Waals surface area contributed by atoms with Gasteiger partial charge in [0, 0.05) is 42.5 Å². The summed E-state index contributed by atoms with van der Waals surface area (Å²) < 4.78 is 42.5. The Labute approximate surface area is 349 Å². The molecule has 2 aromatic heterocycles. The van der Waals surface area contributed by atoms with Crippen molar-refractivity contribution in [3.8, 4) is 0 Å². The van der Waals surface area contributed by atoms with Crippen molar-refractivity contribution in [1.82, 2.24) is 28.9 Å². The third-order valence-electron chi connectivity index (χ3n) is 8.58. The number of amides is 2. The van der Waals surface area contributed by atoms with Gasteiger partial charge in [-0.3, -0.25) is 18.9 Å². The second-order valence-corrected chi connectivity index (χ2v) is 31.8. The minimum atomic E-state index is -1.21. The molecular weight excluding hydrogens is 927 g/mol. The Morgan fingerprint density at radius 1 is 0.704 bits per heavy atom. The van der Waals surface area contributed by atoms with Crippen LogP contribution < -0.4 is 0 Å². The summed E-state index contributed by atoms with van der Waals surface area (Å²) in [6.07, 6.45) is 2.66. The highest BCUT2D eigenvalue weighted by molar-refractivity contribution is 9.13. The quantitative estimate of drug-likeness (QED) is 0.153. The molecule has 0 aliphatic carbocycles. The summed E-state index contributed by atoms with van der Waals surface area (Å²) in [7, 11) is -2.35. The van der Waals surface area contributed by atoms with Crippen LogP contribution in [0.1, 0.15) is 91.0 Å². The van der Waals surface area contributed by atoms with E-state index in [2.05, 4.69) is 97.0 Å².